The summed E-state index contributed by atoms with van der Waals surface area (Å²) in [6, 6.07) is 0. The molecule has 1 rings (SSSR count). The van der Waals surface area contributed by atoms with E-state index in [2.05, 4.69) is 6.92 Å². The van der Waals surface area contributed by atoms with Gasteiger partial charge in [0.2, 0.25) is 0 Å². The quantitative estimate of drug-likeness (QED) is 0.346. The van der Waals surface area contributed by atoms with E-state index < -0.39 is 0 Å². The van der Waals surface area contributed by atoms with E-state index in [4.69, 9.17) is 9.47 Å². The van der Waals surface area contributed by atoms with E-state index in [1.807, 2.05) is 0 Å². The van der Waals surface area contributed by atoms with Crippen LogP contribution in [0.1, 0.15) is 77.6 Å². The highest BCUT2D eigenvalue weighted by atomic mass is 16.8. The zero-order valence-corrected chi connectivity index (χ0v) is 11.6. The molecular formula is C15H30O2. The summed E-state index contributed by atoms with van der Waals surface area (Å²) in [5, 5.41) is 0. The summed E-state index contributed by atoms with van der Waals surface area (Å²) < 4.78 is 10.4. The summed E-state index contributed by atoms with van der Waals surface area (Å²) in [6.07, 6.45) is 15.4. The van der Waals surface area contributed by atoms with Gasteiger partial charge in [-0.3, -0.25) is 0 Å². The minimum absolute atomic E-state index is 0.151. The van der Waals surface area contributed by atoms with Crippen LogP contribution in [0.4, 0.5) is 0 Å². The van der Waals surface area contributed by atoms with Crippen molar-refractivity contribution >= 4 is 0 Å². The van der Waals surface area contributed by atoms with Gasteiger partial charge in [0.15, 0.2) is 6.29 Å². The lowest BCUT2D eigenvalue weighted by Crippen LogP contribution is -1.97. The van der Waals surface area contributed by atoms with Crippen LogP contribution >= 0.6 is 0 Å². The third kappa shape index (κ3) is 10.8. The van der Waals surface area contributed by atoms with Crippen LogP contribution in [0.5, 0.6) is 0 Å². The van der Waals surface area contributed by atoms with E-state index in [1.54, 1.807) is 0 Å². The van der Waals surface area contributed by atoms with Gasteiger partial charge < -0.3 is 9.47 Å². The zero-order chi connectivity index (χ0) is 12.2. The average Bonchev–Trinajstić information content (AvgIpc) is 3.15. The predicted molar refractivity (Wildman–Crippen MR) is 72.2 cm³/mol. The smallest absolute Gasteiger partial charge is 0.181 e. The monoisotopic (exact) mass is 242 g/mol. The molecule has 0 aromatic rings. The minimum Gasteiger partial charge on any atom is -0.350 e. The van der Waals surface area contributed by atoms with Crippen LogP contribution in [0.2, 0.25) is 0 Å². The molecule has 1 fully saturated rings. The van der Waals surface area contributed by atoms with Gasteiger partial charge >= 0.3 is 0 Å². The largest absolute Gasteiger partial charge is 0.350 e. The Labute approximate surface area is 107 Å². The zero-order valence-electron chi connectivity index (χ0n) is 11.6. The maximum atomic E-state index is 5.41. The third-order valence-electron chi connectivity index (χ3n) is 3.35. The van der Waals surface area contributed by atoms with E-state index in [9.17, 15) is 0 Å². The molecule has 0 aromatic heterocycles. The van der Waals surface area contributed by atoms with Crippen LogP contribution < -0.4 is 0 Å². The summed E-state index contributed by atoms with van der Waals surface area (Å²) in [7, 11) is 0. The first-order chi connectivity index (χ1) is 8.43. The van der Waals surface area contributed by atoms with Crippen LogP contribution in [0.25, 0.3) is 0 Å². The lowest BCUT2D eigenvalue weighted by atomic mass is 10.1. The molecule has 0 amide bonds. The molecule has 1 saturated heterocycles. The molecular weight excluding hydrogens is 212 g/mol. The van der Waals surface area contributed by atoms with Gasteiger partial charge in [0.1, 0.15) is 6.61 Å². The lowest BCUT2D eigenvalue weighted by molar-refractivity contribution is 0.0478. The highest BCUT2D eigenvalue weighted by Gasteiger charge is 2.22. The molecule has 2 heteroatoms. The van der Waals surface area contributed by atoms with Gasteiger partial charge in [-0.15, -0.1) is 0 Å². The van der Waals surface area contributed by atoms with Crippen LogP contribution in [0.15, 0.2) is 0 Å². The molecule has 0 aromatic carbocycles. The molecule has 1 unspecified atom stereocenters. The number of epoxide rings is 1. The summed E-state index contributed by atoms with van der Waals surface area (Å²) in [4.78, 5) is 0. The second-order valence-corrected chi connectivity index (χ2v) is 5.17. The van der Waals surface area contributed by atoms with Crippen molar-refractivity contribution in [1.82, 2.24) is 0 Å². The average molecular weight is 242 g/mol. The van der Waals surface area contributed by atoms with Gasteiger partial charge in [-0.1, -0.05) is 71.1 Å². The molecule has 0 N–H and O–H groups in total. The minimum atomic E-state index is 0.151. The van der Waals surface area contributed by atoms with Gasteiger partial charge in [-0.05, 0) is 6.42 Å². The molecule has 0 saturated carbocycles. The summed E-state index contributed by atoms with van der Waals surface area (Å²) in [6.45, 7) is 3.98. The topological polar surface area (TPSA) is 21.8 Å². The highest BCUT2D eigenvalue weighted by Crippen LogP contribution is 2.13. The molecule has 0 radical (unpaired) electrons. The van der Waals surface area contributed by atoms with Crippen molar-refractivity contribution < 1.29 is 9.47 Å². The molecule has 0 bridgehead atoms. The first-order valence-electron chi connectivity index (χ1n) is 7.66. The van der Waals surface area contributed by atoms with Crippen molar-refractivity contribution in [1.29, 1.82) is 0 Å². The normalized spacial score (nSPS) is 18.5. The van der Waals surface area contributed by atoms with Crippen LogP contribution in [-0.2, 0) is 9.47 Å². The number of hydrogen-bond donors (Lipinski definition) is 0. The highest BCUT2D eigenvalue weighted by molar-refractivity contribution is 4.55. The van der Waals surface area contributed by atoms with Crippen LogP contribution in [0, 0.1) is 0 Å². The standard InChI is InChI=1S/C15H30O2/c1-2-3-4-5-6-7-8-9-10-11-12-13-16-15-14-17-15/h15H,2-14H2,1H3. The van der Waals surface area contributed by atoms with Crippen molar-refractivity contribution in [2.24, 2.45) is 0 Å². The van der Waals surface area contributed by atoms with Crippen molar-refractivity contribution in [3.63, 3.8) is 0 Å². The van der Waals surface area contributed by atoms with Crippen LogP contribution in [-0.4, -0.2) is 19.5 Å². The second kappa shape index (κ2) is 11.0. The maximum Gasteiger partial charge on any atom is 0.181 e. The molecule has 1 heterocycles. The van der Waals surface area contributed by atoms with Crippen molar-refractivity contribution in [3.05, 3.63) is 0 Å². The predicted octanol–water partition coefficient (Wildman–Crippen LogP) is 4.67. The fourth-order valence-electron chi connectivity index (χ4n) is 2.12. The van der Waals surface area contributed by atoms with Crippen LogP contribution in [0.3, 0.4) is 0 Å². The Kier molecular flexibility index (Phi) is 9.72. The molecule has 17 heavy (non-hydrogen) atoms. The molecule has 0 spiro atoms. The Morgan fingerprint density at radius 2 is 1.29 bits per heavy atom. The number of unbranched alkanes of at least 4 members (excludes halogenated alkanes) is 10. The molecule has 1 aliphatic rings. The summed E-state index contributed by atoms with van der Waals surface area (Å²) in [5.74, 6) is 0. The van der Waals surface area contributed by atoms with E-state index in [1.165, 1.54) is 70.6 Å². The van der Waals surface area contributed by atoms with Gasteiger partial charge in [0, 0.05) is 6.61 Å². The Hall–Kier alpha value is -0.0800. The van der Waals surface area contributed by atoms with Gasteiger partial charge in [-0.2, -0.15) is 0 Å². The Morgan fingerprint density at radius 1 is 0.824 bits per heavy atom. The summed E-state index contributed by atoms with van der Waals surface area (Å²) in [5.41, 5.74) is 0. The van der Waals surface area contributed by atoms with Crippen molar-refractivity contribution in [3.8, 4) is 0 Å². The van der Waals surface area contributed by atoms with E-state index in [-0.39, 0.29) is 6.29 Å². The molecule has 1 atom stereocenters. The van der Waals surface area contributed by atoms with Crippen molar-refractivity contribution in [2.45, 2.75) is 83.8 Å². The summed E-state index contributed by atoms with van der Waals surface area (Å²) >= 11 is 0. The first kappa shape index (κ1) is 15.0. The van der Waals surface area contributed by atoms with Gasteiger partial charge in [-0.25, -0.2) is 0 Å². The lowest BCUT2D eigenvalue weighted by Gasteiger charge is -2.02. The second-order valence-electron chi connectivity index (χ2n) is 5.17. The number of ether oxygens (including phenoxy) is 2. The third-order valence-corrected chi connectivity index (χ3v) is 3.35. The van der Waals surface area contributed by atoms with Gasteiger partial charge in [0.25, 0.3) is 0 Å². The fourth-order valence-corrected chi connectivity index (χ4v) is 2.12. The van der Waals surface area contributed by atoms with Gasteiger partial charge in [0.05, 0.1) is 0 Å². The molecule has 0 aliphatic carbocycles. The number of rotatable bonds is 13. The number of hydrogen-bond acceptors (Lipinski definition) is 2. The fraction of sp³-hybridized carbons (Fsp3) is 1.00. The Bertz CT molecular complexity index is 155. The molecule has 102 valence electrons. The van der Waals surface area contributed by atoms with E-state index >= 15 is 0 Å². The SMILES string of the molecule is CCCCCCCCCCCCCOC1CO1. The maximum absolute atomic E-state index is 5.41. The Balaban J connectivity index is 1.61. The molecule has 1 aliphatic heterocycles. The first-order valence-corrected chi connectivity index (χ1v) is 7.66. The van der Waals surface area contributed by atoms with E-state index in [0.717, 1.165) is 13.2 Å². The Morgan fingerprint density at radius 3 is 1.76 bits per heavy atom. The van der Waals surface area contributed by atoms with E-state index in [0.29, 0.717) is 0 Å². The van der Waals surface area contributed by atoms with Crippen molar-refractivity contribution in [2.75, 3.05) is 13.2 Å². The molecule has 2 nitrogen and oxygen atoms in total.